The summed E-state index contributed by atoms with van der Waals surface area (Å²) in [6, 6.07) is 7.19. The number of amides is 1. The van der Waals surface area contributed by atoms with E-state index in [0.717, 1.165) is 0 Å². The maximum atomic E-state index is 12.3. The minimum absolute atomic E-state index is 0.0300. The van der Waals surface area contributed by atoms with Crippen molar-refractivity contribution in [3.8, 4) is 0 Å². The van der Waals surface area contributed by atoms with E-state index in [0.29, 0.717) is 37.6 Å². The van der Waals surface area contributed by atoms with E-state index >= 15 is 0 Å². The summed E-state index contributed by atoms with van der Waals surface area (Å²) in [5.41, 5.74) is 6.66. The van der Waals surface area contributed by atoms with E-state index in [9.17, 15) is 4.79 Å². The smallest absolute Gasteiger partial charge is 0.256 e. The Morgan fingerprint density at radius 2 is 2.00 bits per heavy atom. The minimum atomic E-state index is -0.0300. The average molecular weight is 265 g/mol. The quantitative estimate of drug-likeness (QED) is 0.775. The van der Waals surface area contributed by atoms with E-state index in [2.05, 4.69) is 5.32 Å². The Morgan fingerprint density at radius 3 is 2.67 bits per heavy atom. The van der Waals surface area contributed by atoms with E-state index in [1.807, 2.05) is 12.1 Å². The molecule has 1 aliphatic heterocycles. The molecule has 1 fully saturated rings. The fourth-order valence-electron chi connectivity index (χ4n) is 1.85. The van der Waals surface area contributed by atoms with Gasteiger partial charge < -0.3 is 20.7 Å². The fraction of sp³-hybridized carbons (Fsp3) is 0.333. The first-order chi connectivity index (χ1) is 8.68. The Bertz CT molecular complexity index is 458. The molecule has 1 heterocycles. The van der Waals surface area contributed by atoms with Gasteiger partial charge in [-0.2, -0.15) is 0 Å². The molecule has 5 nitrogen and oxygen atoms in total. The molecule has 0 aliphatic carbocycles. The topological polar surface area (TPSA) is 67.6 Å². The van der Waals surface area contributed by atoms with Gasteiger partial charge in [0.15, 0.2) is 5.11 Å². The van der Waals surface area contributed by atoms with Crippen LogP contribution >= 0.6 is 12.2 Å². The third-order valence-corrected chi connectivity index (χ3v) is 2.82. The van der Waals surface area contributed by atoms with Crippen molar-refractivity contribution in [2.75, 3.05) is 31.6 Å². The Balaban J connectivity index is 2.20. The Hall–Kier alpha value is -1.66. The first-order valence-electron chi connectivity index (χ1n) is 5.71. The standard InChI is InChI=1S/C12H15N3O2S/c13-12(18)14-10-4-2-1-3-9(10)11(16)15-5-7-17-8-6-15/h1-4H,5-8H2,(H3,13,14,18). The van der Waals surface area contributed by atoms with Gasteiger partial charge in [0.2, 0.25) is 0 Å². The number of hydrogen-bond acceptors (Lipinski definition) is 3. The van der Waals surface area contributed by atoms with Crippen LogP contribution in [0.3, 0.4) is 0 Å². The van der Waals surface area contributed by atoms with Gasteiger partial charge in [0.1, 0.15) is 0 Å². The van der Waals surface area contributed by atoms with Crippen molar-refractivity contribution >= 4 is 28.9 Å². The molecule has 1 aliphatic rings. The van der Waals surface area contributed by atoms with Crippen molar-refractivity contribution in [1.82, 2.24) is 4.90 Å². The van der Waals surface area contributed by atoms with E-state index < -0.39 is 0 Å². The zero-order valence-corrected chi connectivity index (χ0v) is 10.7. The lowest BCUT2D eigenvalue weighted by molar-refractivity contribution is 0.0303. The zero-order chi connectivity index (χ0) is 13.0. The number of rotatable bonds is 2. The molecule has 1 saturated heterocycles. The molecule has 18 heavy (non-hydrogen) atoms. The number of anilines is 1. The molecule has 3 N–H and O–H groups in total. The van der Waals surface area contributed by atoms with Crippen LogP contribution in [0.25, 0.3) is 0 Å². The summed E-state index contributed by atoms with van der Waals surface area (Å²) in [5.74, 6) is -0.0300. The molecule has 0 atom stereocenters. The van der Waals surface area contributed by atoms with Crippen LogP contribution in [0, 0.1) is 0 Å². The molecular weight excluding hydrogens is 250 g/mol. The largest absolute Gasteiger partial charge is 0.378 e. The first kappa shape index (κ1) is 12.8. The average Bonchev–Trinajstić information content (AvgIpc) is 2.39. The molecule has 1 amide bonds. The number of morpholine rings is 1. The van der Waals surface area contributed by atoms with Crippen molar-refractivity contribution in [3.63, 3.8) is 0 Å². The first-order valence-corrected chi connectivity index (χ1v) is 6.12. The number of hydrogen-bond donors (Lipinski definition) is 2. The molecule has 96 valence electrons. The summed E-state index contributed by atoms with van der Waals surface area (Å²) in [7, 11) is 0. The Morgan fingerprint density at radius 1 is 1.33 bits per heavy atom. The van der Waals surface area contributed by atoms with E-state index in [1.165, 1.54) is 0 Å². The number of carbonyl (C=O) groups excluding carboxylic acids is 1. The lowest BCUT2D eigenvalue weighted by atomic mass is 10.1. The van der Waals surface area contributed by atoms with Crippen LogP contribution in [0.15, 0.2) is 24.3 Å². The van der Waals surface area contributed by atoms with Crippen molar-refractivity contribution in [3.05, 3.63) is 29.8 Å². The van der Waals surface area contributed by atoms with Crippen LogP contribution in [-0.4, -0.2) is 42.2 Å². The van der Waals surface area contributed by atoms with Crippen LogP contribution in [0.2, 0.25) is 0 Å². The lowest BCUT2D eigenvalue weighted by Crippen LogP contribution is -2.41. The lowest BCUT2D eigenvalue weighted by Gasteiger charge is -2.27. The van der Waals surface area contributed by atoms with Crippen LogP contribution in [0.4, 0.5) is 5.69 Å². The van der Waals surface area contributed by atoms with Gasteiger partial charge in [-0.3, -0.25) is 4.79 Å². The summed E-state index contributed by atoms with van der Waals surface area (Å²) < 4.78 is 5.23. The SMILES string of the molecule is NC(=S)Nc1ccccc1C(=O)N1CCOCC1. The van der Waals surface area contributed by atoms with Gasteiger partial charge in [0, 0.05) is 13.1 Å². The minimum Gasteiger partial charge on any atom is -0.378 e. The number of benzene rings is 1. The third kappa shape index (κ3) is 2.96. The summed E-state index contributed by atoms with van der Waals surface area (Å²) in [5, 5.41) is 2.97. The molecule has 1 aromatic carbocycles. The highest BCUT2D eigenvalue weighted by Crippen LogP contribution is 2.17. The summed E-state index contributed by atoms with van der Waals surface area (Å²) in [6.45, 7) is 2.38. The molecule has 2 rings (SSSR count). The highest BCUT2D eigenvalue weighted by Gasteiger charge is 2.20. The third-order valence-electron chi connectivity index (χ3n) is 2.71. The van der Waals surface area contributed by atoms with Crippen LogP contribution in [0.1, 0.15) is 10.4 Å². The molecule has 0 radical (unpaired) electrons. The van der Waals surface area contributed by atoms with Gasteiger partial charge in [0.25, 0.3) is 5.91 Å². The van der Waals surface area contributed by atoms with E-state index in [1.54, 1.807) is 17.0 Å². The maximum absolute atomic E-state index is 12.3. The van der Waals surface area contributed by atoms with Crippen LogP contribution < -0.4 is 11.1 Å². The van der Waals surface area contributed by atoms with Crippen molar-refractivity contribution < 1.29 is 9.53 Å². The predicted molar refractivity (Wildman–Crippen MR) is 73.6 cm³/mol. The number of para-hydroxylation sites is 1. The predicted octanol–water partition coefficient (Wildman–Crippen LogP) is 0.815. The monoisotopic (exact) mass is 265 g/mol. The molecule has 0 saturated carbocycles. The van der Waals surface area contributed by atoms with Crippen molar-refractivity contribution in [1.29, 1.82) is 0 Å². The fourth-order valence-corrected chi connectivity index (χ4v) is 1.96. The maximum Gasteiger partial charge on any atom is 0.256 e. The van der Waals surface area contributed by atoms with E-state index in [-0.39, 0.29) is 11.0 Å². The van der Waals surface area contributed by atoms with Gasteiger partial charge in [-0.15, -0.1) is 0 Å². The molecular formula is C12H15N3O2S. The number of thiocarbonyl (C=S) groups is 1. The van der Waals surface area contributed by atoms with E-state index in [4.69, 9.17) is 22.7 Å². The van der Waals surface area contributed by atoms with Gasteiger partial charge in [0.05, 0.1) is 24.5 Å². The summed E-state index contributed by atoms with van der Waals surface area (Å²) in [4.78, 5) is 14.1. The van der Waals surface area contributed by atoms with Crippen molar-refractivity contribution in [2.24, 2.45) is 5.73 Å². The number of nitrogens with two attached hydrogens (primary N) is 1. The second kappa shape index (κ2) is 5.79. The van der Waals surface area contributed by atoms with Gasteiger partial charge in [-0.1, -0.05) is 12.1 Å². The van der Waals surface area contributed by atoms with Crippen LogP contribution in [0.5, 0.6) is 0 Å². The normalized spacial score (nSPS) is 15.2. The molecule has 6 heteroatoms. The van der Waals surface area contributed by atoms with Gasteiger partial charge in [-0.05, 0) is 24.4 Å². The van der Waals surface area contributed by atoms with Gasteiger partial charge in [-0.25, -0.2) is 0 Å². The summed E-state index contributed by atoms with van der Waals surface area (Å²) in [6.07, 6.45) is 0. The highest BCUT2D eigenvalue weighted by atomic mass is 32.1. The Labute approximate surface area is 111 Å². The summed E-state index contributed by atoms with van der Waals surface area (Å²) >= 11 is 4.80. The molecule has 0 spiro atoms. The second-order valence-corrected chi connectivity index (χ2v) is 4.38. The number of nitrogens with zero attached hydrogens (tertiary/aromatic N) is 1. The zero-order valence-electron chi connectivity index (χ0n) is 9.89. The van der Waals surface area contributed by atoms with Crippen molar-refractivity contribution in [2.45, 2.75) is 0 Å². The second-order valence-electron chi connectivity index (χ2n) is 3.94. The molecule has 0 unspecified atom stereocenters. The Kier molecular flexibility index (Phi) is 4.11. The molecule has 0 bridgehead atoms. The van der Waals surface area contributed by atoms with Gasteiger partial charge >= 0.3 is 0 Å². The number of nitrogens with one attached hydrogen (secondary N) is 1. The number of carbonyl (C=O) groups is 1. The highest BCUT2D eigenvalue weighted by molar-refractivity contribution is 7.80. The molecule has 1 aromatic rings. The molecule has 0 aromatic heterocycles. The van der Waals surface area contributed by atoms with Crippen LogP contribution in [-0.2, 0) is 4.74 Å². The number of ether oxygens (including phenoxy) is 1.